The molecule has 2 aliphatic heterocycles. The van der Waals surface area contributed by atoms with E-state index >= 15 is 0 Å². The number of nitrogens with one attached hydrogen (secondary N) is 1. The van der Waals surface area contributed by atoms with E-state index < -0.39 is 42.5 Å². The van der Waals surface area contributed by atoms with E-state index in [1.807, 2.05) is 13.8 Å². The number of rotatable bonds is 7. The zero-order valence-electron chi connectivity index (χ0n) is 18.4. The van der Waals surface area contributed by atoms with Crippen molar-refractivity contribution in [2.45, 2.75) is 64.4 Å². The second-order valence-electron chi connectivity index (χ2n) is 8.11. The summed E-state index contributed by atoms with van der Waals surface area (Å²) in [7, 11) is 1.41. The number of amides is 1. The van der Waals surface area contributed by atoms with Gasteiger partial charge in [-0.05, 0) is 11.8 Å². The van der Waals surface area contributed by atoms with Crippen molar-refractivity contribution in [1.29, 1.82) is 0 Å². The Balaban J connectivity index is 2.37. The minimum absolute atomic E-state index is 0.164. The van der Waals surface area contributed by atoms with E-state index in [-0.39, 0.29) is 23.0 Å². The zero-order valence-corrected chi connectivity index (χ0v) is 21.0. The molecule has 1 amide bonds. The molecule has 13 heteroatoms. The third-order valence-electron chi connectivity index (χ3n) is 4.48. The monoisotopic (exact) mass is 499 g/mol. The average molecular weight is 500 g/mol. The molecule has 1 N–H and O–H groups in total. The summed E-state index contributed by atoms with van der Waals surface area (Å²) < 4.78 is 34.2. The average Bonchev–Trinajstić information content (AvgIpc) is 2.65. The molecule has 0 unspecified atom stereocenters. The fraction of sp³-hybridized carbons (Fsp3) is 0.833. The van der Waals surface area contributed by atoms with Gasteiger partial charge in [-0.2, -0.15) is 0 Å². The van der Waals surface area contributed by atoms with Crippen LogP contribution >= 0.6 is 18.5 Å². The lowest BCUT2D eigenvalue weighted by atomic mass is 9.97. The van der Waals surface area contributed by atoms with Crippen molar-refractivity contribution in [2.24, 2.45) is 5.41 Å². The van der Waals surface area contributed by atoms with Crippen LogP contribution in [0.25, 0.3) is 0 Å². The molecular formula is C18H30NO9PS2. The Bertz CT molecular complexity index is 721. The number of thioether (sulfide) groups is 1. The Kier molecular flexibility index (Phi) is 9.48. The number of methoxy groups -OCH3 is 1. The Hall–Kier alpha value is -0.590. The Morgan fingerprint density at radius 2 is 1.81 bits per heavy atom. The van der Waals surface area contributed by atoms with Crippen molar-refractivity contribution < 1.29 is 42.2 Å². The van der Waals surface area contributed by atoms with Crippen molar-refractivity contribution in [2.75, 3.05) is 26.9 Å². The lowest BCUT2D eigenvalue weighted by Crippen LogP contribution is -2.64. The molecule has 178 valence electrons. The van der Waals surface area contributed by atoms with Gasteiger partial charge >= 0.3 is 12.7 Å². The van der Waals surface area contributed by atoms with Crippen molar-refractivity contribution in [3.05, 3.63) is 0 Å². The van der Waals surface area contributed by atoms with Crippen molar-refractivity contribution in [3.8, 4) is 0 Å². The van der Waals surface area contributed by atoms with Gasteiger partial charge in [0.15, 0.2) is 11.4 Å². The summed E-state index contributed by atoms with van der Waals surface area (Å²) in [6.45, 7) is 5.30. The van der Waals surface area contributed by atoms with Crippen LogP contribution in [0.4, 0.5) is 0 Å². The molecule has 0 radical (unpaired) electrons. The molecule has 0 aromatic heterocycles. The van der Waals surface area contributed by atoms with E-state index in [1.165, 1.54) is 27.9 Å². The third-order valence-corrected chi connectivity index (χ3v) is 7.93. The Morgan fingerprint density at radius 1 is 1.19 bits per heavy atom. The van der Waals surface area contributed by atoms with Crippen LogP contribution in [-0.4, -0.2) is 73.7 Å². The Labute approximate surface area is 191 Å². The highest BCUT2D eigenvalue weighted by atomic mass is 32.5. The number of carbonyl (C=O) groups is 3. The van der Waals surface area contributed by atoms with Crippen molar-refractivity contribution >= 4 is 47.3 Å². The first-order valence-corrected chi connectivity index (χ1v) is 13.1. The van der Waals surface area contributed by atoms with E-state index in [1.54, 1.807) is 0 Å². The van der Waals surface area contributed by atoms with Crippen LogP contribution < -0.4 is 5.32 Å². The molecule has 0 aliphatic carbocycles. The van der Waals surface area contributed by atoms with E-state index in [2.05, 4.69) is 5.32 Å². The highest BCUT2D eigenvalue weighted by molar-refractivity contribution is 8.14. The summed E-state index contributed by atoms with van der Waals surface area (Å²) in [4.78, 5) is 35.3. The maximum Gasteiger partial charge on any atom is 0.327 e. The topological polar surface area (TPSA) is 119 Å². The predicted octanol–water partition coefficient (Wildman–Crippen LogP) is 1.76. The molecule has 2 rings (SSSR count). The van der Waals surface area contributed by atoms with Crippen LogP contribution in [0, 0.1) is 5.41 Å². The molecule has 0 spiro atoms. The van der Waals surface area contributed by atoms with E-state index in [0.29, 0.717) is 13.2 Å². The fourth-order valence-electron chi connectivity index (χ4n) is 3.08. The molecule has 2 fully saturated rings. The number of hydrogen-bond donors (Lipinski definition) is 1. The summed E-state index contributed by atoms with van der Waals surface area (Å²) in [5, 5.41) is 1.89. The first kappa shape index (κ1) is 26.7. The lowest BCUT2D eigenvalue weighted by molar-refractivity contribution is -0.230. The number of carbonyl (C=O) groups excluding carboxylic acids is 3. The SMILES string of the molecule is CO[C@H]1O[C@H](COC(C)=O)[C@@H](OP2(=S)OCC(C)(C)CO2)[C@@H](SC(C)=O)[C@@H]1NC(C)=O. The highest BCUT2D eigenvalue weighted by Gasteiger charge is 2.51. The minimum Gasteiger partial charge on any atom is -0.463 e. The molecular weight excluding hydrogens is 469 g/mol. The van der Waals surface area contributed by atoms with E-state index in [0.717, 1.165) is 11.8 Å². The summed E-state index contributed by atoms with van der Waals surface area (Å²) in [6.07, 6.45) is -2.63. The molecule has 31 heavy (non-hydrogen) atoms. The summed E-state index contributed by atoms with van der Waals surface area (Å²) in [6, 6.07) is -0.738. The van der Waals surface area contributed by atoms with Gasteiger partial charge in [0.25, 0.3) is 0 Å². The maximum absolute atomic E-state index is 12.1. The van der Waals surface area contributed by atoms with Gasteiger partial charge < -0.3 is 33.1 Å². The molecule has 0 aromatic rings. The quantitative estimate of drug-likeness (QED) is 0.408. The van der Waals surface area contributed by atoms with Crippen LogP contribution in [-0.2, 0) is 54.0 Å². The van der Waals surface area contributed by atoms with Crippen LogP contribution in [0.2, 0.25) is 0 Å². The molecule has 5 atom stereocenters. The number of esters is 1. The van der Waals surface area contributed by atoms with Gasteiger partial charge in [-0.15, -0.1) is 0 Å². The second kappa shape index (κ2) is 11.0. The minimum atomic E-state index is -3.18. The molecule has 2 aliphatic rings. The predicted molar refractivity (Wildman–Crippen MR) is 117 cm³/mol. The first-order valence-electron chi connectivity index (χ1n) is 9.69. The van der Waals surface area contributed by atoms with Gasteiger partial charge in [-0.3, -0.25) is 14.4 Å². The fourth-order valence-corrected chi connectivity index (χ4v) is 6.65. The van der Waals surface area contributed by atoms with Crippen LogP contribution in [0.5, 0.6) is 0 Å². The smallest absolute Gasteiger partial charge is 0.327 e. The highest BCUT2D eigenvalue weighted by Crippen LogP contribution is 2.57. The van der Waals surface area contributed by atoms with E-state index in [4.69, 9.17) is 39.6 Å². The number of ether oxygens (including phenoxy) is 3. The largest absolute Gasteiger partial charge is 0.463 e. The Morgan fingerprint density at radius 3 is 2.29 bits per heavy atom. The molecule has 0 bridgehead atoms. The molecule has 2 heterocycles. The van der Waals surface area contributed by atoms with Gasteiger partial charge in [0.1, 0.15) is 18.8 Å². The normalized spacial score (nSPS) is 32.1. The molecule has 0 aromatic carbocycles. The summed E-state index contributed by atoms with van der Waals surface area (Å²) >= 11 is 6.50. The van der Waals surface area contributed by atoms with Gasteiger partial charge in [-0.25, -0.2) is 0 Å². The van der Waals surface area contributed by atoms with Crippen LogP contribution in [0.15, 0.2) is 0 Å². The van der Waals surface area contributed by atoms with Crippen LogP contribution in [0.3, 0.4) is 0 Å². The first-order chi connectivity index (χ1) is 14.4. The maximum atomic E-state index is 12.1. The number of hydrogen-bond acceptors (Lipinski definition) is 11. The van der Waals surface area contributed by atoms with Crippen LogP contribution in [0.1, 0.15) is 34.6 Å². The second-order valence-corrected chi connectivity index (χ2v) is 12.4. The summed E-state index contributed by atoms with van der Waals surface area (Å²) in [5.74, 6) is -0.845. The molecule has 0 saturated carbocycles. The van der Waals surface area contributed by atoms with E-state index in [9.17, 15) is 14.4 Å². The van der Waals surface area contributed by atoms with Gasteiger partial charge in [0.2, 0.25) is 5.91 Å². The van der Waals surface area contributed by atoms with Gasteiger partial charge in [-0.1, -0.05) is 25.6 Å². The zero-order chi connectivity index (χ0) is 23.4. The van der Waals surface area contributed by atoms with Gasteiger partial charge in [0.05, 0.1) is 24.5 Å². The lowest BCUT2D eigenvalue weighted by Gasteiger charge is -2.47. The summed E-state index contributed by atoms with van der Waals surface area (Å²) in [5.41, 5.74) is -0.223. The van der Waals surface area contributed by atoms with Crippen molar-refractivity contribution in [1.82, 2.24) is 5.32 Å². The van der Waals surface area contributed by atoms with Gasteiger partial charge in [0, 0.05) is 33.3 Å². The molecule has 2 saturated heterocycles. The van der Waals surface area contributed by atoms with Crippen molar-refractivity contribution in [3.63, 3.8) is 0 Å². The molecule has 10 nitrogen and oxygen atoms in total. The third kappa shape index (κ3) is 7.75. The standard InChI is InChI=1S/C18H30NO9PS2/c1-10(20)19-14-16(31-12(3)22)15(13(7-24-11(2)21)27-17(14)23-6)28-29(30)25-8-18(4,5)9-26-29/h13-17H,7-9H2,1-6H3,(H,19,20)/t13-,14+,15-,16+,17+/m1/s1.